The molecule has 2 N–H and O–H groups in total. The molecule has 1 amide bonds. The number of esters is 1. The summed E-state index contributed by atoms with van der Waals surface area (Å²) in [5.74, 6) is -3.25. The van der Waals surface area contributed by atoms with Crippen LogP contribution in [0.5, 0.6) is 0 Å². The lowest BCUT2D eigenvalue weighted by Crippen LogP contribution is -2.21. The van der Waals surface area contributed by atoms with Crippen LogP contribution in [0.15, 0.2) is 76.2 Å². The van der Waals surface area contributed by atoms with E-state index < -0.39 is 24.2 Å². The Morgan fingerprint density at radius 3 is 2.47 bits per heavy atom. The van der Waals surface area contributed by atoms with Crippen LogP contribution in [0.4, 0.5) is 20.2 Å². The van der Waals surface area contributed by atoms with Gasteiger partial charge in [-0.05, 0) is 36.4 Å². The van der Waals surface area contributed by atoms with E-state index in [1.807, 2.05) is 0 Å². The number of furan rings is 1. The zero-order valence-electron chi connectivity index (χ0n) is 15.6. The fourth-order valence-corrected chi connectivity index (χ4v) is 3.17. The van der Waals surface area contributed by atoms with Crippen LogP contribution in [0.3, 0.4) is 0 Å². The Balaban J connectivity index is 1.57. The Labute approximate surface area is 175 Å². The number of thioether (sulfide) groups is 1. The van der Waals surface area contributed by atoms with Crippen LogP contribution in [0.25, 0.3) is 0 Å². The molecular weight excluding hydrogens is 414 g/mol. The quantitative estimate of drug-likeness (QED) is 0.366. The van der Waals surface area contributed by atoms with Crippen LogP contribution in [-0.2, 0) is 16.1 Å². The number of carbonyl (C=O) groups is 2. The molecule has 0 atom stereocenters. The minimum Gasteiger partial charge on any atom is -0.467 e. The number of alkyl halides is 2. The summed E-state index contributed by atoms with van der Waals surface area (Å²) < 4.78 is 35.6. The Morgan fingerprint density at radius 2 is 1.73 bits per heavy atom. The summed E-state index contributed by atoms with van der Waals surface area (Å²) in [7, 11) is 0. The number of halogens is 2. The first-order chi connectivity index (χ1) is 14.5. The van der Waals surface area contributed by atoms with Gasteiger partial charge in [0, 0.05) is 10.6 Å². The van der Waals surface area contributed by atoms with E-state index in [4.69, 9.17) is 9.15 Å². The zero-order valence-corrected chi connectivity index (χ0v) is 16.5. The molecule has 0 aliphatic rings. The van der Waals surface area contributed by atoms with Gasteiger partial charge in [-0.3, -0.25) is 4.79 Å². The van der Waals surface area contributed by atoms with Gasteiger partial charge in [-0.25, -0.2) is 4.79 Å². The predicted octanol–water partition coefficient (Wildman–Crippen LogP) is 5.00. The standard InChI is InChI=1S/C21H18F2N2O4S/c22-21(23)30-18-10-4-3-9-17(18)25-19(26)13-29-20(27)15-7-1-2-8-16(15)24-12-14-6-5-11-28-14/h1-11,21,24H,12-13H2,(H,25,26). The summed E-state index contributed by atoms with van der Waals surface area (Å²) in [6.07, 6.45) is 1.55. The van der Waals surface area contributed by atoms with Crippen LogP contribution < -0.4 is 10.6 Å². The summed E-state index contributed by atoms with van der Waals surface area (Å²) in [6, 6.07) is 16.4. The molecule has 0 spiro atoms. The van der Waals surface area contributed by atoms with Crippen LogP contribution in [0, 0.1) is 0 Å². The van der Waals surface area contributed by atoms with Gasteiger partial charge < -0.3 is 19.8 Å². The van der Waals surface area contributed by atoms with Gasteiger partial charge in [-0.1, -0.05) is 36.0 Å². The smallest absolute Gasteiger partial charge is 0.340 e. The van der Waals surface area contributed by atoms with Gasteiger partial charge in [0.1, 0.15) is 5.76 Å². The minimum absolute atomic E-state index is 0.222. The molecule has 30 heavy (non-hydrogen) atoms. The molecule has 6 nitrogen and oxygen atoms in total. The molecule has 0 fully saturated rings. The molecule has 0 aliphatic heterocycles. The van der Waals surface area contributed by atoms with Crippen LogP contribution in [-0.4, -0.2) is 24.2 Å². The molecule has 1 heterocycles. The third-order valence-electron chi connectivity index (χ3n) is 3.89. The fraction of sp³-hybridized carbons (Fsp3) is 0.143. The Morgan fingerprint density at radius 1 is 1.00 bits per heavy atom. The lowest BCUT2D eigenvalue weighted by molar-refractivity contribution is -0.119. The average molecular weight is 432 g/mol. The lowest BCUT2D eigenvalue weighted by Gasteiger charge is -2.12. The number of para-hydroxylation sites is 2. The number of carbonyl (C=O) groups excluding carboxylic acids is 2. The van der Waals surface area contributed by atoms with Crippen LogP contribution in [0.2, 0.25) is 0 Å². The van der Waals surface area contributed by atoms with E-state index in [1.165, 1.54) is 12.1 Å². The number of anilines is 2. The zero-order chi connectivity index (χ0) is 21.3. The minimum atomic E-state index is -2.62. The third-order valence-corrected chi connectivity index (χ3v) is 4.68. The van der Waals surface area contributed by atoms with E-state index in [0.717, 1.165) is 0 Å². The summed E-state index contributed by atoms with van der Waals surface area (Å²) in [6.45, 7) is -0.185. The maximum atomic E-state index is 12.6. The molecule has 2 aromatic carbocycles. The van der Waals surface area contributed by atoms with Gasteiger partial charge in [-0.15, -0.1) is 0 Å². The predicted molar refractivity (Wildman–Crippen MR) is 110 cm³/mol. The van der Waals surface area contributed by atoms with E-state index >= 15 is 0 Å². The van der Waals surface area contributed by atoms with Crippen LogP contribution in [0.1, 0.15) is 16.1 Å². The molecule has 0 bridgehead atoms. The molecule has 3 rings (SSSR count). The van der Waals surface area contributed by atoms with E-state index in [9.17, 15) is 18.4 Å². The second-order valence-corrected chi connectivity index (χ2v) is 7.01. The first kappa shape index (κ1) is 21.4. The number of ether oxygens (including phenoxy) is 1. The monoisotopic (exact) mass is 432 g/mol. The topological polar surface area (TPSA) is 80.6 Å². The first-order valence-corrected chi connectivity index (χ1v) is 9.77. The van der Waals surface area contributed by atoms with E-state index in [-0.39, 0.29) is 16.1 Å². The number of nitrogens with one attached hydrogen (secondary N) is 2. The van der Waals surface area contributed by atoms with Crippen molar-refractivity contribution in [3.8, 4) is 0 Å². The van der Waals surface area contributed by atoms with Crippen molar-refractivity contribution in [1.82, 2.24) is 0 Å². The highest BCUT2D eigenvalue weighted by Crippen LogP contribution is 2.31. The van der Waals surface area contributed by atoms with Crippen molar-refractivity contribution in [2.45, 2.75) is 17.2 Å². The molecule has 156 valence electrons. The number of rotatable bonds is 9. The van der Waals surface area contributed by atoms with Crippen LogP contribution >= 0.6 is 11.8 Å². The highest BCUT2D eigenvalue weighted by molar-refractivity contribution is 7.99. The maximum absolute atomic E-state index is 12.6. The molecule has 0 saturated carbocycles. The molecular formula is C21H18F2N2O4S. The van der Waals surface area contributed by atoms with Crippen molar-refractivity contribution in [2.75, 3.05) is 17.2 Å². The molecule has 0 aliphatic carbocycles. The molecule has 0 saturated heterocycles. The molecule has 3 aromatic rings. The van der Waals surface area contributed by atoms with E-state index in [1.54, 1.807) is 54.8 Å². The Hall–Kier alpha value is -3.33. The fourth-order valence-electron chi connectivity index (χ4n) is 2.57. The summed E-state index contributed by atoms with van der Waals surface area (Å²) in [5.41, 5.74) is 1.01. The number of hydrogen-bond donors (Lipinski definition) is 2. The number of hydrogen-bond acceptors (Lipinski definition) is 6. The maximum Gasteiger partial charge on any atom is 0.340 e. The Bertz CT molecular complexity index is 996. The van der Waals surface area contributed by atoms with Crippen molar-refractivity contribution in [3.05, 3.63) is 78.3 Å². The van der Waals surface area contributed by atoms with Crippen molar-refractivity contribution < 1.29 is 27.5 Å². The highest BCUT2D eigenvalue weighted by Gasteiger charge is 2.16. The molecule has 9 heteroatoms. The van der Waals surface area contributed by atoms with E-state index in [0.29, 0.717) is 29.8 Å². The van der Waals surface area contributed by atoms with Gasteiger partial charge in [0.25, 0.3) is 11.7 Å². The average Bonchev–Trinajstić information content (AvgIpc) is 3.25. The van der Waals surface area contributed by atoms with Gasteiger partial charge in [-0.2, -0.15) is 8.78 Å². The number of benzene rings is 2. The molecule has 0 unspecified atom stereocenters. The third kappa shape index (κ3) is 6.08. The second-order valence-electron chi connectivity index (χ2n) is 5.98. The van der Waals surface area contributed by atoms with Gasteiger partial charge in [0.15, 0.2) is 6.61 Å². The molecule has 0 radical (unpaired) electrons. The van der Waals surface area contributed by atoms with Crippen molar-refractivity contribution >= 4 is 35.0 Å². The second kappa shape index (κ2) is 10.4. The summed E-state index contributed by atoms with van der Waals surface area (Å²) in [5, 5.41) is 5.56. The summed E-state index contributed by atoms with van der Waals surface area (Å²) in [4.78, 5) is 24.8. The highest BCUT2D eigenvalue weighted by atomic mass is 32.2. The van der Waals surface area contributed by atoms with E-state index in [2.05, 4.69) is 10.6 Å². The number of amides is 1. The van der Waals surface area contributed by atoms with Gasteiger partial charge in [0.2, 0.25) is 0 Å². The largest absolute Gasteiger partial charge is 0.467 e. The lowest BCUT2D eigenvalue weighted by atomic mass is 10.2. The van der Waals surface area contributed by atoms with Gasteiger partial charge in [0.05, 0.1) is 24.1 Å². The first-order valence-electron chi connectivity index (χ1n) is 8.89. The summed E-state index contributed by atoms with van der Waals surface area (Å²) >= 11 is 0.323. The molecule has 1 aromatic heterocycles. The van der Waals surface area contributed by atoms with Crippen molar-refractivity contribution in [2.24, 2.45) is 0 Å². The Kier molecular flexibility index (Phi) is 7.45. The van der Waals surface area contributed by atoms with Crippen molar-refractivity contribution in [3.63, 3.8) is 0 Å². The normalized spacial score (nSPS) is 10.6. The van der Waals surface area contributed by atoms with Crippen molar-refractivity contribution in [1.29, 1.82) is 0 Å². The SMILES string of the molecule is O=C(COC(=O)c1ccccc1NCc1ccco1)Nc1ccccc1SC(F)F. The van der Waals surface area contributed by atoms with Gasteiger partial charge >= 0.3 is 5.97 Å².